The third kappa shape index (κ3) is 4.33. The lowest BCUT2D eigenvalue weighted by atomic mass is 9.62. The quantitative estimate of drug-likeness (QED) is 0.437. The van der Waals surface area contributed by atoms with Crippen LogP contribution in [-0.4, -0.2) is 55.4 Å². The van der Waals surface area contributed by atoms with E-state index in [0.29, 0.717) is 23.6 Å². The van der Waals surface area contributed by atoms with Crippen molar-refractivity contribution in [3.63, 3.8) is 0 Å². The number of amides is 2. The lowest BCUT2D eigenvalue weighted by molar-refractivity contribution is -0.117. The molecule has 1 N–H and O–H groups in total. The molecule has 2 aliphatic heterocycles. The Balaban J connectivity index is 1.37. The molecule has 35 heavy (non-hydrogen) atoms. The van der Waals surface area contributed by atoms with Crippen molar-refractivity contribution in [1.82, 2.24) is 24.6 Å². The number of rotatable bonds is 9. The first-order valence-electron chi connectivity index (χ1n) is 12.2. The highest BCUT2D eigenvalue weighted by atomic mass is 16.5. The van der Waals surface area contributed by atoms with Gasteiger partial charge in [0.1, 0.15) is 5.56 Å². The summed E-state index contributed by atoms with van der Waals surface area (Å²) in [4.78, 5) is 35.5. The van der Waals surface area contributed by atoms with Crippen LogP contribution >= 0.6 is 0 Å². The van der Waals surface area contributed by atoms with E-state index in [1.165, 1.54) is 0 Å². The van der Waals surface area contributed by atoms with Gasteiger partial charge in [0.15, 0.2) is 0 Å². The molecular formula is C26H33N5O4. The van der Waals surface area contributed by atoms with Crippen molar-refractivity contribution in [2.75, 3.05) is 6.61 Å². The monoisotopic (exact) mass is 479 g/mol. The third-order valence-electron chi connectivity index (χ3n) is 7.28. The van der Waals surface area contributed by atoms with Gasteiger partial charge in [-0.1, -0.05) is 0 Å². The molecule has 0 radical (unpaired) electrons. The minimum Gasteiger partial charge on any atom is -0.474 e. The first kappa shape index (κ1) is 23.5. The van der Waals surface area contributed by atoms with Gasteiger partial charge in [-0.25, -0.2) is 4.98 Å². The first-order chi connectivity index (χ1) is 16.5. The van der Waals surface area contributed by atoms with Gasteiger partial charge < -0.3 is 19.7 Å². The molecule has 9 heteroatoms. The van der Waals surface area contributed by atoms with Crippen molar-refractivity contribution in [3.05, 3.63) is 47.7 Å². The average Bonchev–Trinajstić information content (AvgIpc) is 3.09. The Bertz CT molecular complexity index is 1230. The summed E-state index contributed by atoms with van der Waals surface area (Å²) in [6.45, 7) is 10.4. The van der Waals surface area contributed by atoms with E-state index < -0.39 is 0 Å². The Kier molecular flexibility index (Phi) is 5.51. The number of ether oxygens (including phenoxy) is 2. The zero-order valence-electron chi connectivity index (χ0n) is 21.0. The van der Waals surface area contributed by atoms with E-state index in [1.807, 2.05) is 27.0 Å². The van der Waals surface area contributed by atoms with Gasteiger partial charge in [-0.15, -0.1) is 0 Å². The summed E-state index contributed by atoms with van der Waals surface area (Å²) in [5.41, 5.74) is 1.71. The van der Waals surface area contributed by atoms with Crippen molar-refractivity contribution in [1.29, 1.82) is 0 Å². The summed E-state index contributed by atoms with van der Waals surface area (Å²) < 4.78 is 13.6. The van der Waals surface area contributed by atoms with Crippen molar-refractivity contribution >= 4 is 18.1 Å². The van der Waals surface area contributed by atoms with Crippen LogP contribution < -0.4 is 10.1 Å². The first-order valence-corrected chi connectivity index (χ1v) is 12.2. The smallest absolute Gasteiger partial charge is 0.262 e. The van der Waals surface area contributed by atoms with Crippen LogP contribution in [0.15, 0.2) is 36.4 Å². The van der Waals surface area contributed by atoms with Crippen LogP contribution in [0.2, 0.25) is 0 Å². The SMILES string of the molecule is C/C(=C\C=C/N(C=O)C1(C)CC1)NC(=O)c1cn2cc(C34COC(C)(C3)C4)nc2nc1OC(C)C. The van der Waals surface area contributed by atoms with E-state index in [4.69, 9.17) is 14.5 Å². The fraction of sp³-hybridized carbons (Fsp3) is 0.538. The molecule has 9 nitrogen and oxygen atoms in total. The molecule has 2 aromatic heterocycles. The maximum atomic E-state index is 13.2. The number of carbonyl (C=O) groups is 2. The van der Waals surface area contributed by atoms with Gasteiger partial charge in [-0.2, -0.15) is 4.98 Å². The van der Waals surface area contributed by atoms with Crippen LogP contribution in [0.3, 0.4) is 0 Å². The molecule has 2 aliphatic carbocycles. The number of aromatic nitrogens is 3. The molecule has 4 aliphatic rings. The molecule has 2 aromatic rings. The van der Waals surface area contributed by atoms with E-state index in [1.54, 1.807) is 40.8 Å². The average molecular weight is 480 g/mol. The topological polar surface area (TPSA) is 98.1 Å². The fourth-order valence-corrected chi connectivity index (χ4v) is 5.13. The van der Waals surface area contributed by atoms with Crippen molar-refractivity contribution in [2.45, 2.75) is 83.0 Å². The lowest BCUT2D eigenvalue weighted by Crippen LogP contribution is -2.45. The van der Waals surface area contributed by atoms with Crippen LogP contribution in [0.4, 0.5) is 0 Å². The minimum absolute atomic E-state index is 0.0440. The fourth-order valence-electron chi connectivity index (χ4n) is 5.13. The second kappa shape index (κ2) is 8.19. The van der Waals surface area contributed by atoms with Gasteiger partial charge in [-0.05, 0) is 72.5 Å². The molecule has 6 rings (SSSR count). The molecule has 0 unspecified atom stereocenters. The summed E-state index contributed by atoms with van der Waals surface area (Å²) in [6.07, 6.45) is 13.5. The van der Waals surface area contributed by atoms with Crippen LogP contribution in [0, 0.1) is 0 Å². The van der Waals surface area contributed by atoms with Gasteiger partial charge >= 0.3 is 0 Å². The number of hydrogen-bond donors (Lipinski definition) is 1. The predicted molar refractivity (Wildman–Crippen MR) is 130 cm³/mol. The Labute approximate surface area is 205 Å². The number of fused-ring (bicyclic) bond motifs is 2. The Morgan fingerprint density at radius 2 is 2.00 bits per heavy atom. The molecule has 0 spiro atoms. The molecule has 0 atom stereocenters. The standard InChI is InChI=1S/C26H33N5O4/c1-17(2)35-22-19(21(33)27-18(3)7-6-10-31(16-32)24(4)8-9-24)11-30-12-20(28-23(30)29-22)26-13-25(5,14-26)34-15-26/h6-7,10-12,16-17H,8-9,13-15H2,1-5H3,(H,27,33)/b10-6-,18-7+. The Morgan fingerprint density at radius 1 is 1.26 bits per heavy atom. The van der Waals surface area contributed by atoms with Gasteiger partial charge in [0, 0.05) is 35.2 Å². The summed E-state index contributed by atoms with van der Waals surface area (Å²) in [7, 11) is 0. The zero-order valence-corrected chi connectivity index (χ0v) is 21.0. The second-order valence-corrected chi connectivity index (χ2v) is 11.0. The largest absolute Gasteiger partial charge is 0.474 e. The van der Waals surface area contributed by atoms with Gasteiger partial charge in [0.2, 0.25) is 18.1 Å². The van der Waals surface area contributed by atoms with Crippen LogP contribution in [0.25, 0.3) is 5.78 Å². The van der Waals surface area contributed by atoms with Crippen LogP contribution in [0.5, 0.6) is 5.88 Å². The maximum absolute atomic E-state index is 13.2. The van der Waals surface area contributed by atoms with Crippen molar-refractivity contribution < 1.29 is 19.1 Å². The van der Waals surface area contributed by atoms with Gasteiger partial charge in [-0.3, -0.25) is 14.0 Å². The maximum Gasteiger partial charge on any atom is 0.262 e. The van der Waals surface area contributed by atoms with Crippen molar-refractivity contribution in [3.8, 4) is 5.88 Å². The molecule has 2 saturated carbocycles. The number of hydrogen-bond acceptors (Lipinski definition) is 6. The van der Waals surface area contributed by atoms with E-state index in [9.17, 15) is 9.59 Å². The molecule has 4 heterocycles. The van der Waals surface area contributed by atoms with E-state index in [0.717, 1.165) is 37.8 Å². The molecule has 4 fully saturated rings. The molecule has 186 valence electrons. The summed E-state index contributed by atoms with van der Waals surface area (Å²) >= 11 is 0. The highest BCUT2D eigenvalue weighted by Crippen LogP contribution is 2.58. The second-order valence-electron chi connectivity index (χ2n) is 11.0. The molecule has 2 saturated heterocycles. The van der Waals surface area contributed by atoms with E-state index in [2.05, 4.69) is 17.2 Å². The normalized spacial score (nSPS) is 26.7. The van der Waals surface area contributed by atoms with Crippen LogP contribution in [-0.2, 0) is 14.9 Å². The number of nitrogens with zero attached hydrogens (tertiary/aromatic N) is 4. The number of allylic oxidation sites excluding steroid dienone is 3. The number of imidazole rings is 1. The highest BCUT2D eigenvalue weighted by Gasteiger charge is 2.61. The lowest BCUT2D eigenvalue weighted by Gasteiger charge is -2.41. The summed E-state index contributed by atoms with van der Waals surface area (Å²) in [5, 5.41) is 2.89. The van der Waals surface area contributed by atoms with E-state index in [-0.39, 0.29) is 34.4 Å². The Hall–Kier alpha value is -3.20. The molecule has 2 amide bonds. The van der Waals surface area contributed by atoms with Crippen molar-refractivity contribution in [2.24, 2.45) is 0 Å². The highest BCUT2D eigenvalue weighted by molar-refractivity contribution is 5.97. The summed E-state index contributed by atoms with van der Waals surface area (Å²) in [5.74, 6) is 0.421. The molecule has 2 bridgehead atoms. The van der Waals surface area contributed by atoms with Gasteiger partial charge in [0.05, 0.1) is 24.0 Å². The third-order valence-corrected chi connectivity index (χ3v) is 7.28. The Morgan fingerprint density at radius 3 is 2.60 bits per heavy atom. The molecular weight excluding hydrogens is 446 g/mol. The molecule has 0 aromatic carbocycles. The summed E-state index contributed by atoms with van der Waals surface area (Å²) in [6, 6.07) is 0. The predicted octanol–water partition coefficient (Wildman–Crippen LogP) is 3.50. The van der Waals surface area contributed by atoms with Crippen LogP contribution in [0.1, 0.15) is 76.4 Å². The zero-order chi connectivity index (χ0) is 25.0. The number of carbonyl (C=O) groups excluding carboxylic acids is 2. The number of nitrogens with one attached hydrogen (secondary N) is 1. The van der Waals surface area contributed by atoms with Gasteiger partial charge in [0.25, 0.3) is 5.91 Å². The minimum atomic E-state index is -0.326. The van der Waals surface area contributed by atoms with E-state index >= 15 is 0 Å².